The van der Waals surface area contributed by atoms with Gasteiger partial charge in [-0.05, 0) is 57.4 Å². The van der Waals surface area contributed by atoms with Crippen LogP contribution in [0.4, 0.5) is 11.8 Å². The molecule has 1 N–H and O–H groups in total. The zero-order chi connectivity index (χ0) is 25.6. The maximum absolute atomic E-state index is 12.2. The first-order valence-corrected chi connectivity index (χ1v) is 13.2. The van der Waals surface area contributed by atoms with Gasteiger partial charge in [0.2, 0.25) is 5.95 Å². The highest BCUT2D eigenvalue weighted by Gasteiger charge is 2.45. The number of nitrogens with one attached hydrogen (secondary N) is 1. The summed E-state index contributed by atoms with van der Waals surface area (Å²) >= 11 is 0. The van der Waals surface area contributed by atoms with E-state index in [1.54, 1.807) is 13.1 Å². The summed E-state index contributed by atoms with van der Waals surface area (Å²) in [5.41, 5.74) is 2.82. The average molecular weight is 503 g/mol. The number of fused-ring (bicyclic) bond motifs is 1. The highest BCUT2D eigenvalue weighted by Crippen LogP contribution is 2.41. The van der Waals surface area contributed by atoms with Crippen molar-refractivity contribution in [2.45, 2.75) is 50.8 Å². The van der Waals surface area contributed by atoms with Gasteiger partial charge in [-0.2, -0.15) is 9.97 Å². The minimum Gasteiger partial charge on any atom is -0.377 e. The maximum atomic E-state index is 12.2. The van der Waals surface area contributed by atoms with Crippen LogP contribution in [-0.4, -0.2) is 78.5 Å². The molecule has 2 atom stereocenters. The second-order valence-electron chi connectivity index (χ2n) is 10.5. The Morgan fingerprint density at radius 2 is 1.89 bits per heavy atom. The van der Waals surface area contributed by atoms with E-state index in [4.69, 9.17) is 24.4 Å². The Bertz CT molecular complexity index is 1330. The first-order valence-electron chi connectivity index (χ1n) is 13.2. The zero-order valence-corrected chi connectivity index (χ0v) is 21.7. The summed E-state index contributed by atoms with van der Waals surface area (Å²) in [6.07, 6.45) is 3.37. The van der Waals surface area contributed by atoms with Crippen molar-refractivity contribution in [3.63, 3.8) is 0 Å². The summed E-state index contributed by atoms with van der Waals surface area (Å²) < 4.78 is 12.0. The Hall–Kier alpha value is -3.30. The molecule has 2 saturated heterocycles. The third kappa shape index (κ3) is 4.40. The van der Waals surface area contributed by atoms with E-state index < -0.39 is 0 Å². The molecule has 2 aliphatic heterocycles. The molecule has 0 bridgehead atoms. The Morgan fingerprint density at radius 3 is 2.65 bits per heavy atom. The van der Waals surface area contributed by atoms with Crippen LogP contribution in [0.25, 0.3) is 22.3 Å². The minimum atomic E-state index is -0.123. The van der Waals surface area contributed by atoms with Gasteiger partial charge in [0, 0.05) is 24.7 Å². The molecule has 1 saturated carbocycles. The molecular weight excluding hydrogens is 468 g/mol. The standard InChI is InChI=1S/C28H34N6O3/c1-18-15-36-13-12-33(18)25-22-8-9-23(20-6-4-7-21(14-20)26(35)29-3)30-24(22)31-27(32-25)34-17-28(10-5-11-28)37-16-19(34)2/h4,6-9,14,18-19H,5,10-13,15-17H2,1-3H3,(H,29,35)/t18-,19-/m0/s1. The molecule has 4 heterocycles. The molecule has 9 heteroatoms. The number of carbonyl (C=O) groups is 1. The zero-order valence-electron chi connectivity index (χ0n) is 21.7. The van der Waals surface area contributed by atoms with Crippen LogP contribution < -0.4 is 15.1 Å². The van der Waals surface area contributed by atoms with Crippen molar-refractivity contribution in [3.8, 4) is 11.3 Å². The summed E-state index contributed by atoms with van der Waals surface area (Å²) in [6, 6.07) is 11.9. The molecule has 1 aliphatic carbocycles. The van der Waals surface area contributed by atoms with E-state index in [2.05, 4.69) is 35.0 Å². The van der Waals surface area contributed by atoms with Gasteiger partial charge in [-0.1, -0.05) is 12.1 Å². The van der Waals surface area contributed by atoms with E-state index in [1.807, 2.05) is 24.3 Å². The molecule has 194 valence electrons. The van der Waals surface area contributed by atoms with Crippen LogP contribution in [0, 0.1) is 0 Å². The topological polar surface area (TPSA) is 92.7 Å². The lowest BCUT2D eigenvalue weighted by Crippen LogP contribution is -2.59. The molecule has 6 rings (SSSR count). The summed E-state index contributed by atoms with van der Waals surface area (Å²) in [6.45, 7) is 7.90. The molecule has 3 aliphatic rings. The molecule has 0 unspecified atom stereocenters. The highest BCUT2D eigenvalue weighted by atomic mass is 16.5. The maximum Gasteiger partial charge on any atom is 0.251 e. The first kappa shape index (κ1) is 24.1. The lowest BCUT2D eigenvalue weighted by atomic mass is 9.78. The van der Waals surface area contributed by atoms with Crippen LogP contribution in [0.15, 0.2) is 36.4 Å². The number of rotatable bonds is 4. The largest absolute Gasteiger partial charge is 0.377 e. The van der Waals surface area contributed by atoms with Crippen molar-refractivity contribution in [1.29, 1.82) is 0 Å². The fourth-order valence-electron chi connectivity index (χ4n) is 5.54. The number of aromatic nitrogens is 3. The predicted molar refractivity (Wildman–Crippen MR) is 143 cm³/mol. The van der Waals surface area contributed by atoms with Crippen molar-refractivity contribution in [1.82, 2.24) is 20.3 Å². The van der Waals surface area contributed by atoms with Crippen molar-refractivity contribution >= 4 is 28.7 Å². The fourth-order valence-corrected chi connectivity index (χ4v) is 5.54. The molecule has 37 heavy (non-hydrogen) atoms. The number of ether oxygens (including phenoxy) is 2. The van der Waals surface area contributed by atoms with Gasteiger partial charge in [-0.25, -0.2) is 4.98 Å². The second kappa shape index (κ2) is 9.54. The van der Waals surface area contributed by atoms with E-state index in [1.165, 1.54) is 6.42 Å². The van der Waals surface area contributed by atoms with E-state index in [0.717, 1.165) is 48.4 Å². The van der Waals surface area contributed by atoms with E-state index in [9.17, 15) is 4.79 Å². The molecule has 1 amide bonds. The number of benzene rings is 1. The molecule has 2 aromatic heterocycles. The van der Waals surface area contributed by atoms with E-state index in [-0.39, 0.29) is 23.6 Å². The average Bonchev–Trinajstić information content (AvgIpc) is 2.91. The van der Waals surface area contributed by atoms with Crippen LogP contribution >= 0.6 is 0 Å². The number of morpholine rings is 2. The summed E-state index contributed by atoms with van der Waals surface area (Å²) in [7, 11) is 1.64. The van der Waals surface area contributed by atoms with Gasteiger partial charge in [0.05, 0.1) is 55.1 Å². The van der Waals surface area contributed by atoms with Gasteiger partial charge in [-0.15, -0.1) is 0 Å². The van der Waals surface area contributed by atoms with Gasteiger partial charge < -0.3 is 24.6 Å². The monoisotopic (exact) mass is 502 g/mol. The predicted octanol–water partition coefficient (Wildman–Crippen LogP) is 3.42. The number of carbonyl (C=O) groups excluding carboxylic acids is 1. The summed E-state index contributed by atoms with van der Waals surface area (Å²) in [4.78, 5) is 32.0. The number of amides is 1. The van der Waals surface area contributed by atoms with Gasteiger partial charge >= 0.3 is 0 Å². The van der Waals surface area contributed by atoms with Crippen molar-refractivity contribution in [2.24, 2.45) is 0 Å². The number of pyridine rings is 1. The Morgan fingerprint density at radius 1 is 1.05 bits per heavy atom. The first-order chi connectivity index (χ1) is 18.0. The highest BCUT2D eigenvalue weighted by molar-refractivity contribution is 5.95. The molecule has 1 spiro atoms. The normalized spacial score (nSPS) is 23.2. The third-order valence-corrected chi connectivity index (χ3v) is 7.96. The van der Waals surface area contributed by atoms with Crippen molar-refractivity contribution < 1.29 is 14.3 Å². The van der Waals surface area contributed by atoms with Gasteiger partial charge in [-0.3, -0.25) is 4.79 Å². The van der Waals surface area contributed by atoms with Crippen LogP contribution in [0.1, 0.15) is 43.5 Å². The lowest BCUT2D eigenvalue weighted by Gasteiger charge is -2.50. The van der Waals surface area contributed by atoms with Gasteiger partial charge in [0.25, 0.3) is 5.91 Å². The molecule has 3 aromatic rings. The minimum absolute atomic E-state index is 0.0766. The summed E-state index contributed by atoms with van der Waals surface area (Å²) in [5.74, 6) is 1.48. The van der Waals surface area contributed by atoms with Gasteiger partial charge in [0.1, 0.15) is 5.82 Å². The molecule has 1 aromatic carbocycles. The van der Waals surface area contributed by atoms with Crippen LogP contribution in [0.2, 0.25) is 0 Å². The van der Waals surface area contributed by atoms with Crippen molar-refractivity contribution in [2.75, 3.05) is 49.8 Å². The number of hydrogen-bond acceptors (Lipinski definition) is 8. The SMILES string of the molecule is CNC(=O)c1cccc(-c2ccc3c(N4CCOC[C@@H]4C)nc(N4CC5(CCC5)OC[C@@H]4C)nc3n2)c1. The molecule has 3 fully saturated rings. The Labute approximate surface area is 217 Å². The number of nitrogens with zero attached hydrogens (tertiary/aromatic N) is 5. The van der Waals surface area contributed by atoms with E-state index in [0.29, 0.717) is 37.0 Å². The number of anilines is 2. The smallest absolute Gasteiger partial charge is 0.251 e. The molecule has 0 radical (unpaired) electrons. The van der Waals surface area contributed by atoms with Crippen LogP contribution in [-0.2, 0) is 9.47 Å². The third-order valence-electron chi connectivity index (χ3n) is 7.96. The Kier molecular flexibility index (Phi) is 6.20. The van der Waals surface area contributed by atoms with Crippen LogP contribution in [0.5, 0.6) is 0 Å². The Balaban J connectivity index is 1.46. The van der Waals surface area contributed by atoms with Gasteiger partial charge in [0.15, 0.2) is 5.65 Å². The van der Waals surface area contributed by atoms with E-state index >= 15 is 0 Å². The lowest BCUT2D eigenvalue weighted by molar-refractivity contribution is -0.117. The fraction of sp³-hybridized carbons (Fsp3) is 0.500. The number of hydrogen-bond donors (Lipinski definition) is 1. The molecular formula is C28H34N6O3. The van der Waals surface area contributed by atoms with Crippen LogP contribution in [0.3, 0.4) is 0 Å². The van der Waals surface area contributed by atoms with Crippen molar-refractivity contribution in [3.05, 3.63) is 42.0 Å². The summed E-state index contributed by atoms with van der Waals surface area (Å²) in [5, 5.41) is 3.61. The molecule has 9 nitrogen and oxygen atoms in total. The second-order valence-corrected chi connectivity index (χ2v) is 10.5. The quantitative estimate of drug-likeness (QED) is 0.580.